The van der Waals surface area contributed by atoms with Crippen molar-refractivity contribution in [2.24, 2.45) is 0 Å². The predicted octanol–water partition coefficient (Wildman–Crippen LogP) is 1.38. The maximum Gasteiger partial charge on any atom is 0.409 e. The van der Waals surface area contributed by atoms with Crippen LogP contribution in [0.3, 0.4) is 0 Å². The minimum Gasteiger partial charge on any atom is -0.446 e. The van der Waals surface area contributed by atoms with Gasteiger partial charge in [0.1, 0.15) is 12.3 Å². The molecule has 0 aromatic carbocycles. The summed E-state index contributed by atoms with van der Waals surface area (Å²) in [4.78, 5) is 11.0. The van der Waals surface area contributed by atoms with Crippen LogP contribution in [0.2, 0.25) is 0 Å². The van der Waals surface area contributed by atoms with Gasteiger partial charge >= 0.3 is 6.09 Å². The van der Waals surface area contributed by atoms with E-state index < -0.39 is 12.3 Å². The summed E-state index contributed by atoms with van der Waals surface area (Å²) in [5, 5.41) is 11.1. The minimum atomic E-state index is -0.837. The number of hydrogen-bond acceptors (Lipinski definition) is 3. The Morgan fingerprint density at radius 3 is 2.62 bits per heavy atom. The molecule has 1 atom stereocenters. The van der Waals surface area contributed by atoms with Gasteiger partial charge < -0.3 is 9.84 Å². The van der Waals surface area contributed by atoms with E-state index in [-0.39, 0.29) is 6.10 Å². The monoisotopic (exact) mass is 187 g/mol. The Hall–Kier alpha value is -0.770. The van der Waals surface area contributed by atoms with Gasteiger partial charge in [0.2, 0.25) is 0 Å². The minimum absolute atomic E-state index is 0.0486. The second-order valence-electron chi connectivity index (χ2n) is 3.49. The third kappa shape index (κ3) is 4.12. The van der Waals surface area contributed by atoms with Crippen LogP contribution in [-0.2, 0) is 4.74 Å². The molecule has 0 bridgehead atoms. The molecule has 0 spiro atoms. The zero-order valence-electron chi connectivity index (χ0n) is 7.95. The highest BCUT2D eigenvalue weighted by molar-refractivity contribution is 5.67. The molecule has 1 amide bonds. The van der Waals surface area contributed by atoms with Crippen LogP contribution in [-0.4, -0.2) is 23.5 Å². The number of nitrogens with one attached hydrogen (secondary N) is 1. The van der Waals surface area contributed by atoms with Crippen molar-refractivity contribution in [1.82, 2.24) is 5.32 Å². The molecule has 1 aliphatic rings. The van der Waals surface area contributed by atoms with Gasteiger partial charge in [0, 0.05) is 0 Å². The fourth-order valence-electron chi connectivity index (χ4n) is 1.54. The molecule has 0 aromatic heterocycles. The van der Waals surface area contributed by atoms with Gasteiger partial charge in [-0.1, -0.05) is 6.42 Å². The first-order valence-corrected chi connectivity index (χ1v) is 4.83. The number of rotatable bonds is 2. The number of amides is 1. The molecular formula is C9H17NO3. The van der Waals surface area contributed by atoms with Crippen LogP contribution in [0.4, 0.5) is 4.79 Å². The molecule has 76 valence electrons. The summed E-state index contributed by atoms with van der Waals surface area (Å²) in [5.41, 5.74) is 0. The molecule has 0 radical (unpaired) electrons. The lowest BCUT2D eigenvalue weighted by Gasteiger charge is -2.22. The number of aliphatic hydroxyl groups is 1. The second-order valence-corrected chi connectivity index (χ2v) is 3.49. The molecule has 0 aliphatic heterocycles. The molecule has 0 aromatic rings. The van der Waals surface area contributed by atoms with E-state index in [2.05, 4.69) is 5.32 Å². The van der Waals surface area contributed by atoms with Crippen molar-refractivity contribution in [2.75, 3.05) is 0 Å². The van der Waals surface area contributed by atoms with Gasteiger partial charge in [-0.15, -0.1) is 0 Å². The summed E-state index contributed by atoms with van der Waals surface area (Å²) in [6, 6.07) is 0. The smallest absolute Gasteiger partial charge is 0.409 e. The number of carbonyl (C=O) groups excluding carboxylic acids is 1. The Morgan fingerprint density at radius 2 is 2.08 bits per heavy atom. The van der Waals surface area contributed by atoms with Gasteiger partial charge in [-0.25, -0.2) is 4.79 Å². The van der Waals surface area contributed by atoms with E-state index in [0.717, 1.165) is 25.7 Å². The highest BCUT2D eigenvalue weighted by Gasteiger charge is 2.17. The van der Waals surface area contributed by atoms with Gasteiger partial charge in [-0.2, -0.15) is 0 Å². The molecule has 1 aliphatic carbocycles. The van der Waals surface area contributed by atoms with Crippen molar-refractivity contribution in [3.8, 4) is 0 Å². The summed E-state index contributed by atoms with van der Waals surface area (Å²) < 4.78 is 5.09. The number of alkyl carbamates (subject to hydrolysis) is 1. The predicted molar refractivity (Wildman–Crippen MR) is 48.2 cm³/mol. The molecule has 4 heteroatoms. The van der Waals surface area contributed by atoms with Gasteiger partial charge in [-0.3, -0.25) is 5.32 Å². The first-order chi connectivity index (χ1) is 6.18. The van der Waals surface area contributed by atoms with Crippen LogP contribution in [0.15, 0.2) is 0 Å². The largest absolute Gasteiger partial charge is 0.446 e. The molecule has 1 saturated carbocycles. The highest BCUT2D eigenvalue weighted by Crippen LogP contribution is 2.20. The van der Waals surface area contributed by atoms with E-state index in [9.17, 15) is 4.79 Å². The first kappa shape index (κ1) is 10.3. The zero-order valence-corrected chi connectivity index (χ0v) is 7.95. The third-order valence-corrected chi connectivity index (χ3v) is 2.15. The van der Waals surface area contributed by atoms with Crippen molar-refractivity contribution in [1.29, 1.82) is 0 Å². The fraction of sp³-hybridized carbons (Fsp3) is 0.889. The summed E-state index contributed by atoms with van der Waals surface area (Å²) in [7, 11) is 0. The molecule has 4 nitrogen and oxygen atoms in total. The van der Waals surface area contributed by atoms with Gasteiger partial charge in [0.25, 0.3) is 0 Å². The average molecular weight is 187 g/mol. The van der Waals surface area contributed by atoms with Crippen LogP contribution in [0, 0.1) is 0 Å². The van der Waals surface area contributed by atoms with E-state index >= 15 is 0 Å². The van der Waals surface area contributed by atoms with Crippen LogP contribution >= 0.6 is 0 Å². The maximum atomic E-state index is 11.0. The number of hydrogen-bond donors (Lipinski definition) is 2. The standard InChI is InChI=1S/C9H17NO3/c1-7(11)10-9(12)13-8-5-3-2-4-6-8/h7-8,11H,2-6H2,1H3,(H,10,12). The Balaban J connectivity index is 2.18. The van der Waals surface area contributed by atoms with E-state index in [1.54, 1.807) is 0 Å². The van der Waals surface area contributed by atoms with E-state index in [1.807, 2.05) is 0 Å². The Bertz CT molecular complexity index is 164. The lowest BCUT2D eigenvalue weighted by molar-refractivity contribution is 0.0582. The van der Waals surface area contributed by atoms with Crippen LogP contribution in [0.5, 0.6) is 0 Å². The average Bonchev–Trinajstić information content (AvgIpc) is 2.04. The Kier molecular flexibility index (Phi) is 4.02. The van der Waals surface area contributed by atoms with Crippen LogP contribution < -0.4 is 5.32 Å². The maximum absolute atomic E-state index is 11.0. The molecule has 2 N–H and O–H groups in total. The quantitative estimate of drug-likeness (QED) is 0.642. The molecule has 0 heterocycles. The SMILES string of the molecule is CC(O)NC(=O)OC1CCCCC1. The van der Waals surface area contributed by atoms with Crippen LogP contribution in [0.25, 0.3) is 0 Å². The number of ether oxygens (including phenoxy) is 1. The summed E-state index contributed by atoms with van der Waals surface area (Å²) in [6.07, 6.45) is 4.10. The lowest BCUT2D eigenvalue weighted by Crippen LogP contribution is -2.35. The first-order valence-electron chi connectivity index (χ1n) is 4.83. The summed E-state index contributed by atoms with van der Waals surface area (Å²) >= 11 is 0. The molecule has 13 heavy (non-hydrogen) atoms. The van der Waals surface area contributed by atoms with Crippen molar-refractivity contribution >= 4 is 6.09 Å². The molecule has 1 rings (SSSR count). The van der Waals surface area contributed by atoms with Crippen molar-refractivity contribution in [2.45, 2.75) is 51.4 Å². The van der Waals surface area contributed by atoms with Crippen molar-refractivity contribution < 1.29 is 14.6 Å². The molecule has 1 unspecified atom stereocenters. The molecule has 1 fully saturated rings. The topological polar surface area (TPSA) is 58.6 Å². The summed E-state index contributed by atoms with van der Waals surface area (Å²) in [6.45, 7) is 1.49. The number of carbonyl (C=O) groups is 1. The van der Waals surface area contributed by atoms with Gasteiger partial charge in [-0.05, 0) is 32.6 Å². The van der Waals surface area contributed by atoms with Crippen molar-refractivity contribution in [3.63, 3.8) is 0 Å². The lowest BCUT2D eigenvalue weighted by atomic mass is 9.98. The normalized spacial score (nSPS) is 20.8. The third-order valence-electron chi connectivity index (χ3n) is 2.15. The van der Waals surface area contributed by atoms with E-state index in [4.69, 9.17) is 9.84 Å². The Labute approximate surface area is 78.3 Å². The molecular weight excluding hydrogens is 170 g/mol. The van der Waals surface area contributed by atoms with Gasteiger partial charge in [0.05, 0.1) is 0 Å². The van der Waals surface area contributed by atoms with Gasteiger partial charge in [0.15, 0.2) is 0 Å². The van der Waals surface area contributed by atoms with Crippen LogP contribution in [0.1, 0.15) is 39.0 Å². The Morgan fingerprint density at radius 1 is 1.46 bits per heavy atom. The summed E-state index contributed by atoms with van der Waals surface area (Å²) in [5.74, 6) is 0. The van der Waals surface area contributed by atoms with E-state index in [0.29, 0.717) is 0 Å². The zero-order chi connectivity index (χ0) is 9.68. The fourth-order valence-corrected chi connectivity index (χ4v) is 1.54. The number of aliphatic hydroxyl groups excluding tert-OH is 1. The van der Waals surface area contributed by atoms with E-state index in [1.165, 1.54) is 13.3 Å². The second kappa shape index (κ2) is 5.07. The van der Waals surface area contributed by atoms with Crippen molar-refractivity contribution in [3.05, 3.63) is 0 Å². The highest BCUT2D eigenvalue weighted by atomic mass is 16.6. The molecule has 0 saturated heterocycles.